The molecule has 168 valence electrons. The summed E-state index contributed by atoms with van der Waals surface area (Å²) in [6.45, 7) is 2.35. The van der Waals surface area contributed by atoms with Crippen LogP contribution in [-0.2, 0) is 17.8 Å². The highest BCUT2D eigenvalue weighted by molar-refractivity contribution is 7.23. The second-order valence-corrected chi connectivity index (χ2v) is 9.46. The molecule has 0 atom stereocenters. The van der Waals surface area contributed by atoms with Crippen LogP contribution < -0.4 is 4.90 Å². The first kappa shape index (κ1) is 22.3. The number of pyridine rings is 1. The van der Waals surface area contributed by atoms with E-state index < -0.39 is 0 Å². The molecule has 0 aliphatic heterocycles. The van der Waals surface area contributed by atoms with Crippen LogP contribution in [0.25, 0.3) is 21.3 Å². The highest BCUT2D eigenvalue weighted by atomic mass is 35.5. The summed E-state index contributed by atoms with van der Waals surface area (Å²) in [5.74, 6) is -0.0362. The number of carbonyl (C=O) groups is 1. The maximum Gasteiger partial charge on any atom is 0.233 e. The number of aromatic nitrogens is 2. The summed E-state index contributed by atoms with van der Waals surface area (Å²) < 4.78 is 0.891. The number of anilines is 1. The summed E-state index contributed by atoms with van der Waals surface area (Å²) in [5.41, 5.74) is 5.89. The Hall–Kier alpha value is -3.54. The molecule has 0 saturated carbocycles. The molecule has 0 fully saturated rings. The Morgan fingerprint density at radius 2 is 1.65 bits per heavy atom. The van der Waals surface area contributed by atoms with Gasteiger partial charge in [0.25, 0.3) is 0 Å². The number of halogens is 1. The van der Waals surface area contributed by atoms with Crippen molar-refractivity contribution in [2.45, 2.75) is 19.9 Å². The number of fused-ring (bicyclic) bond motifs is 1. The molecule has 0 bridgehead atoms. The SMILES string of the molecule is Cc1ccc(Cl)c2sc(N(Cc3ccccn3)C(=O)Cc3ccc(-c4ccccc4)cc3)nc12. The molecule has 0 spiro atoms. The van der Waals surface area contributed by atoms with E-state index >= 15 is 0 Å². The van der Waals surface area contributed by atoms with E-state index in [-0.39, 0.29) is 12.3 Å². The van der Waals surface area contributed by atoms with E-state index in [1.807, 2.05) is 67.6 Å². The predicted molar refractivity (Wildman–Crippen MR) is 140 cm³/mol. The van der Waals surface area contributed by atoms with Crippen molar-refractivity contribution in [3.8, 4) is 11.1 Å². The molecule has 5 aromatic rings. The second-order valence-electron chi connectivity index (χ2n) is 8.08. The number of amides is 1. The Balaban J connectivity index is 1.45. The van der Waals surface area contributed by atoms with Crippen molar-refractivity contribution >= 4 is 44.2 Å². The van der Waals surface area contributed by atoms with Gasteiger partial charge in [-0.3, -0.25) is 14.7 Å². The molecular weight excluding hydrogens is 462 g/mol. The van der Waals surface area contributed by atoms with E-state index in [4.69, 9.17) is 16.6 Å². The first-order valence-electron chi connectivity index (χ1n) is 11.0. The Kier molecular flexibility index (Phi) is 6.39. The molecule has 0 aliphatic rings. The summed E-state index contributed by atoms with van der Waals surface area (Å²) in [5, 5.41) is 1.27. The third-order valence-electron chi connectivity index (χ3n) is 5.68. The molecule has 1 amide bonds. The van der Waals surface area contributed by atoms with Crippen molar-refractivity contribution in [1.82, 2.24) is 9.97 Å². The molecule has 0 aliphatic carbocycles. The minimum Gasteiger partial charge on any atom is -0.282 e. The van der Waals surface area contributed by atoms with E-state index in [9.17, 15) is 4.79 Å². The quantitative estimate of drug-likeness (QED) is 0.259. The van der Waals surface area contributed by atoms with Crippen molar-refractivity contribution in [2.24, 2.45) is 0 Å². The van der Waals surface area contributed by atoms with Crippen LogP contribution in [-0.4, -0.2) is 15.9 Å². The standard InChI is InChI=1S/C28H22ClN3OS/c1-19-10-15-24(29)27-26(19)31-28(34-27)32(18-23-9-5-6-16-30-23)25(33)17-20-11-13-22(14-12-20)21-7-3-2-4-8-21/h2-16H,17-18H2,1H3. The topological polar surface area (TPSA) is 46.1 Å². The first-order valence-corrected chi connectivity index (χ1v) is 12.2. The first-order chi connectivity index (χ1) is 16.6. The van der Waals surface area contributed by atoms with Crippen molar-refractivity contribution in [3.63, 3.8) is 0 Å². The number of thiazole rings is 1. The molecule has 0 N–H and O–H groups in total. The van der Waals surface area contributed by atoms with Gasteiger partial charge < -0.3 is 0 Å². The zero-order chi connectivity index (χ0) is 23.5. The molecule has 3 aromatic carbocycles. The van der Waals surface area contributed by atoms with E-state index in [2.05, 4.69) is 29.2 Å². The number of aryl methyl sites for hydroxylation is 1. The minimum absolute atomic E-state index is 0.0362. The van der Waals surface area contributed by atoms with Crippen molar-refractivity contribution in [3.05, 3.63) is 113 Å². The second kappa shape index (κ2) is 9.75. The Labute approximate surface area is 207 Å². The lowest BCUT2D eigenvalue weighted by molar-refractivity contribution is -0.118. The molecule has 0 radical (unpaired) electrons. The van der Waals surface area contributed by atoms with Crippen molar-refractivity contribution < 1.29 is 4.79 Å². The average Bonchev–Trinajstić information content (AvgIpc) is 3.33. The highest BCUT2D eigenvalue weighted by Gasteiger charge is 2.22. The van der Waals surface area contributed by atoms with Crippen LogP contribution in [0.1, 0.15) is 16.8 Å². The van der Waals surface area contributed by atoms with Crippen LogP contribution in [0.5, 0.6) is 0 Å². The lowest BCUT2D eigenvalue weighted by Crippen LogP contribution is -2.32. The normalized spacial score (nSPS) is 11.0. The number of rotatable bonds is 6. The number of carbonyl (C=O) groups excluding carboxylic acids is 1. The Morgan fingerprint density at radius 1 is 0.912 bits per heavy atom. The van der Waals surface area contributed by atoms with Crippen LogP contribution >= 0.6 is 22.9 Å². The van der Waals surface area contributed by atoms with Gasteiger partial charge in [0, 0.05) is 6.20 Å². The Morgan fingerprint density at radius 3 is 2.35 bits per heavy atom. The van der Waals surface area contributed by atoms with E-state index in [1.165, 1.54) is 11.3 Å². The monoisotopic (exact) mass is 483 g/mol. The third kappa shape index (κ3) is 4.72. The molecule has 2 aromatic heterocycles. The van der Waals surface area contributed by atoms with Gasteiger partial charge >= 0.3 is 0 Å². The zero-order valence-electron chi connectivity index (χ0n) is 18.6. The molecule has 34 heavy (non-hydrogen) atoms. The van der Waals surface area contributed by atoms with Crippen LogP contribution in [0.2, 0.25) is 5.02 Å². The van der Waals surface area contributed by atoms with Gasteiger partial charge in [0.15, 0.2) is 5.13 Å². The molecule has 0 unspecified atom stereocenters. The zero-order valence-corrected chi connectivity index (χ0v) is 20.2. The smallest absolute Gasteiger partial charge is 0.233 e. The Bertz CT molecular complexity index is 1390. The molecule has 4 nitrogen and oxygen atoms in total. The molecule has 5 rings (SSSR count). The van der Waals surface area contributed by atoms with Gasteiger partial charge in [0.05, 0.1) is 33.9 Å². The summed E-state index contributed by atoms with van der Waals surface area (Å²) >= 11 is 7.87. The lowest BCUT2D eigenvalue weighted by Gasteiger charge is -2.19. The molecule has 6 heteroatoms. The van der Waals surface area contributed by atoms with Crippen LogP contribution in [0.15, 0.2) is 91.1 Å². The summed E-state index contributed by atoms with van der Waals surface area (Å²) in [6.07, 6.45) is 2.00. The van der Waals surface area contributed by atoms with Gasteiger partial charge in [-0.05, 0) is 47.4 Å². The fourth-order valence-corrected chi connectivity index (χ4v) is 5.17. The van der Waals surface area contributed by atoms with Crippen LogP contribution in [0.3, 0.4) is 0 Å². The minimum atomic E-state index is -0.0362. The van der Waals surface area contributed by atoms with Gasteiger partial charge in [-0.1, -0.05) is 89.7 Å². The maximum absolute atomic E-state index is 13.6. The van der Waals surface area contributed by atoms with Crippen molar-refractivity contribution in [1.29, 1.82) is 0 Å². The lowest BCUT2D eigenvalue weighted by atomic mass is 10.0. The average molecular weight is 484 g/mol. The maximum atomic E-state index is 13.6. The summed E-state index contributed by atoms with van der Waals surface area (Å²) in [6, 6.07) is 27.9. The van der Waals surface area contributed by atoms with Gasteiger partial charge in [-0.15, -0.1) is 0 Å². The van der Waals surface area contributed by atoms with E-state index in [0.717, 1.165) is 38.2 Å². The van der Waals surface area contributed by atoms with E-state index in [0.29, 0.717) is 16.7 Å². The number of benzene rings is 3. The largest absolute Gasteiger partial charge is 0.282 e. The van der Waals surface area contributed by atoms with Gasteiger partial charge in [0.2, 0.25) is 5.91 Å². The van der Waals surface area contributed by atoms with Gasteiger partial charge in [0.1, 0.15) is 0 Å². The molecule has 2 heterocycles. The number of hydrogen-bond donors (Lipinski definition) is 0. The fraction of sp³-hybridized carbons (Fsp3) is 0.107. The number of hydrogen-bond acceptors (Lipinski definition) is 4. The third-order valence-corrected chi connectivity index (χ3v) is 7.22. The van der Waals surface area contributed by atoms with Crippen LogP contribution in [0.4, 0.5) is 5.13 Å². The summed E-state index contributed by atoms with van der Waals surface area (Å²) in [4.78, 5) is 24.5. The van der Waals surface area contributed by atoms with E-state index in [1.54, 1.807) is 11.1 Å². The molecule has 0 saturated heterocycles. The van der Waals surface area contributed by atoms with Gasteiger partial charge in [-0.2, -0.15) is 0 Å². The highest BCUT2D eigenvalue weighted by Crippen LogP contribution is 2.36. The number of nitrogens with zero attached hydrogens (tertiary/aromatic N) is 3. The van der Waals surface area contributed by atoms with Crippen molar-refractivity contribution in [2.75, 3.05) is 4.90 Å². The fourth-order valence-electron chi connectivity index (χ4n) is 3.84. The molecular formula is C28H22ClN3OS. The van der Waals surface area contributed by atoms with Gasteiger partial charge in [-0.25, -0.2) is 4.98 Å². The summed E-state index contributed by atoms with van der Waals surface area (Å²) in [7, 11) is 0. The predicted octanol–water partition coefficient (Wildman–Crippen LogP) is 7.10. The van der Waals surface area contributed by atoms with Crippen LogP contribution in [0, 0.1) is 6.92 Å².